The summed E-state index contributed by atoms with van der Waals surface area (Å²) in [6.45, 7) is 2.66. The molecule has 0 saturated heterocycles. The quantitative estimate of drug-likeness (QED) is 0.581. The lowest BCUT2D eigenvalue weighted by Crippen LogP contribution is -2.24. The third-order valence-electron chi connectivity index (χ3n) is 5.10. The van der Waals surface area contributed by atoms with Gasteiger partial charge < -0.3 is 10.1 Å². The second-order valence-electron chi connectivity index (χ2n) is 7.05. The molecule has 10 heteroatoms. The number of nitrogens with zero attached hydrogens (tertiary/aromatic N) is 4. The average Bonchev–Trinajstić information content (AvgIpc) is 3.41. The van der Waals surface area contributed by atoms with Gasteiger partial charge in [-0.15, -0.1) is 11.3 Å². The highest BCUT2D eigenvalue weighted by atomic mass is 32.1. The number of carbonyl (C=O) groups excluding carboxylic acids is 1. The van der Waals surface area contributed by atoms with Crippen LogP contribution >= 0.6 is 11.3 Å². The Balaban J connectivity index is 1.65. The van der Waals surface area contributed by atoms with Crippen molar-refractivity contribution in [2.75, 3.05) is 11.9 Å². The molecule has 3 aromatic rings. The molecule has 0 aliphatic heterocycles. The smallest absolute Gasteiger partial charge is 0.275 e. The van der Waals surface area contributed by atoms with Crippen LogP contribution in [0.15, 0.2) is 29.2 Å². The number of aromatic nitrogens is 4. The van der Waals surface area contributed by atoms with E-state index in [0.717, 1.165) is 37.8 Å². The second-order valence-corrected chi connectivity index (χ2v) is 7.77. The van der Waals surface area contributed by atoms with Gasteiger partial charge in [0.25, 0.3) is 5.91 Å². The van der Waals surface area contributed by atoms with E-state index in [4.69, 9.17) is 4.74 Å². The van der Waals surface area contributed by atoms with E-state index < -0.39 is 17.7 Å². The van der Waals surface area contributed by atoms with Gasteiger partial charge in [-0.2, -0.15) is 9.49 Å². The molecule has 1 N–H and O–H groups in total. The topological polar surface area (TPSA) is 81.9 Å². The van der Waals surface area contributed by atoms with Gasteiger partial charge in [0.15, 0.2) is 5.82 Å². The molecule has 0 radical (unpaired) electrons. The summed E-state index contributed by atoms with van der Waals surface area (Å²) in [5, 5.41) is 8.81. The van der Waals surface area contributed by atoms with Crippen LogP contribution in [-0.4, -0.2) is 38.4 Å². The number of rotatable bonds is 6. The average molecular weight is 433 g/mol. The molecule has 0 unspecified atom stereocenters. The molecule has 4 rings (SSSR count). The lowest BCUT2D eigenvalue weighted by Gasteiger charge is -2.28. The van der Waals surface area contributed by atoms with E-state index >= 15 is 0 Å². The van der Waals surface area contributed by atoms with Gasteiger partial charge >= 0.3 is 0 Å². The molecule has 1 saturated carbocycles. The van der Waals surface area contributed by atoms with E-state index in [1.165, 1.54) is 11.3 Å². The summed E-state index contributed by atoms with van der Waals surface area (Å²) >= 11 is 1.29. The summed E-state index contributed by atoms with van der Waals surface area (Å²) < 4.78 is 35.5. The Hall–Kier alpha value is -2.72. The number of halogens is 2. The first-order valence-electron chi connectivity index (χ1n) is 9.78. The van der Waals surface area contributed by atoms with Crippen molar-refractivity contribution in [1.29, 1.82) is 0 Å². The molecule has 0 atom stereocenters. The summed E-state index contributed by atoms with van der Waals surface area (Å²) in [4.78, 5) is 20.2. The first-order chi connectivity index (χ1) is 14.5. The van der Waals surface area contributed by atoms with Crippen molar-refractivity contribution < 1.29 is 18.3 Å². The zero-order chi connectivity index (χ0) is 21.1. The zero-order valence-electron chi connectivity index (χ0n) is 16.3. The lowest BCUT2D eigenvalue weighted by atomic mass is 9.93. The van der Waals surface area contributed by atoms with Crippen LogP contribution < -0.4 is 5.32 Å². The van der Waals surface area contributed by atoms with Crippen LogP contribution in [0.3, 0.4) is 0 Å². The van der Waals surface area contributed by atoms with Crippen LogP contribution in [0.25, 0.3) is 11.4 Å². The molecule has 0 bridgehead atoms. The largest absolute Gasteiger partial charge is 0.379 e. The third kappa shape index (κ3) is 4.39. The second kappa shape index (κ2) is 8.97. The normalized spacial score (nSPS) is 19.0. The van der Waals surface area contributed by atoms with E-state index in [1.807, 2.05) is 6.92 Å². The molecule has 30 heavy (non-hydrogen) atoms. The van der Waals surface area contributed by atoms with Crippen LogP contribution in [0.1, 0.15) is 49.1 Å². The van der Waals surface area contributed by atoms with E-state index in [-0.39, 0.29) is 34.9 Å². The summed E-state index contributed by atoms with van der Waals surface area (Å²) in [5.41, 5.74) is 1.89. The Morgan fingerprint density at radius 2 is 2.07 bits per heavy atom. The van der Waals surface area contributed by atoms with E-state index in [9.17, 15) is 13.6 Å². The van der Waals surface area contributed by atoms with Crippen molar-refractivity contribution in [3.63, 3.8) is 0 Å². The molecule has 0 spiro atoms. The highest BCUT2D eigenvalue weighted by Gasteiger charge is 2.26. The number of ether oxygens (including phenoxy) is 1. The van der Waals surface area contributed by atoms with Gasteiger partial charge in [0.1, 0.15) is 17.1 Å². The fraction of sp³-hybridized carbons (Fsp3) is 0.400. The third-order valence-corrected chi connectivity index (χ3v) is 5.69. The number of anilines is 1. The Kier molecular flexibility index (Phi) is 6.14. The van der Waals surface area contributed by atoms with Crippen LogP contribution in [0.5, 0.6) is 0 Å². The summed E-state index contributed by atoms with van der Waals surface area (Å²) in [7, 11) is 0. The Bertz CT molecular complexity index is 1020. The van der Waals surface area contributed by atoms with E-state index in [2.05, 4.69) is 20.4 Å². The summed E-state index contributed by atoms with van der Waals surface area (Å²) in [5.74, 6) is -1.99. The van der Waals surface area contributed by atoms with Crippen molar-refractivity contribution in [3.05, 3.63) is 46.7 Å². The molecular weight excluding hydrogens is 412 g/mol. The van der Waals surface area contributed by atoms with E-state index in [0.29, 0.717) is 6.61 Å². The minimum absolute atomic E-state index is 0.0713. The molecule has 1 fully saturated rings. The number of pyridine rings is 1. The fourth-order valence-electron chi connectivity index (χ4n) is 3.65. The number of carbonyl (C=O) groups is 1. The van der Waals surface area contributed by atoms with Crippen molar-refractivity contribution in [2.45, 2.75) is 44.8 Å². The zero-order valence-corrected chi connectivity index (χ0v) is 17.2. The Morgan fingerprint density at radius 3 is 2.77 bits per heavy atom. The van der Waals surface area contributed by atoms with E-state index in [1.54, 1.807) is 21.8 Å². The molecule has 1 aliphatic rings. The van der Waals surface area contributed by atoms with Gasteiger partial charge in [-0.05, 0) is 44.7 Å². The molecule has 158 valence electrons. The SMILES string of the molecule is CCO[C@H]1CC[C@H](n2cc(NC(=O)c3cscn3)c(-c3nc(F)ccc3F)n2)CC1. The van der Waals surface area contributed by atoms with Gasteiger partial charge in [0.05, 0.1) is 23.3 Å². The first kappa shape index (κ1) is 20.5. The maximum atomic E-state index is 14.4. The van der Waals surface area contributed by atoms with Crippen molar-refractivity contribution >= 4 is 22.9 Å². The first-order valence-corrected chi connectivity index (χ1v) is 10.7. The number of hydrogen-bond acceptors (Lipinski definition) is 6. The minimum Gasteiger partial charge on any atom is -0.379 e. The molecular formula is C20H21F2N5O2S. The monoisotopic (exact) mass is 433 g/mol. The number of nitrogens with one attached hydrogen (secondary N) is 1. The van der Waals surface area contributed by atoms with Gasteiger partial charge in [0, 0.05) is 18.2 Å². The molecule has 0 aromatic carbocycles. The molecule has 3 aromatic heterocycles. The molecule has 7 nitrogen and oxygen atoms in total. The van der Waals surface area contributed by atoms with Crippen LogP contribution in [0.2, 0.25) is 0 Å². The van der Waals surface area contributed by atoms with Crippen molar-refractivity contribution in [2.24, 2.45) is 0 Å². The summed E-state index contributed by atoms with van der Waals surface area (Å²) in [6, 6.07) is 2.01. The Morgan fingerprint density at radius 1 is 1.27 bits per heavy atom. The lowest BCUT2D eigenvalue weighted by molar-refractivity contribution is 0.0260. The predicted molar refractivity (Wildman–Crippen MR) is 108 cm³/mol. The van der Waals surface area contributed by atoms with Crippen molar-refractivity contribution in [3.8, 4) is 11.4 Å². The molecule has 1 aliphatic carbocycles. The van der Waals surface area contributed by atoms with Crippen molar-refractivity contribution in [1.82, 2.24) is 19.7 Å². The van der Waals surface area contributed by atoms with Gasteiger partial charge in [-0.3, -0.25) is 9.48 Å². The standard InChI is InChI=1S/C20H21F2N5O2S/c1-2-29-13-5-3-12(4-6-13)27-9-15(24-20(28)16-10-30-11-23-16)19(26-27)18-14(21)7-8-17(22)25-18/h7-13H,2-6H2,1H3,(H,24,28)/t12-,13-. The number of thiazole rings is 1. The van der Waals surface area contributed by atoms with Gasteiger partial charge in [-0.1, -0.05) is 0 Å². The highest BCUT2D eigenvalue weighted by Crippen LogP contribution is 2.34. The van der Waals surface area contributed by atoms with Gasteiger partial charge in [-0.25, -0.2) is 14.4 Å². The highest BCUT2D eigenvalue weighted by molar-refractivity contribution is 7.07. The minimum atomic E-state index is -0.824. The van der Waals surface area contributed by atoms with Crippen LogP contribution in [-0.2, 0) is 4.74 Å². The molecule has 1 amide bonds. The molecule has 3 heterocycles. The summed E-state index contributed by atoms with van der Waals surface area (Å²) in [6.07, 6.45) is 5.33. The van der Waals surface area contributed by atoms with Crippen LogP contribution in [0, 0.1) is 11.8 Å². The van der Waals surface area contributed by atoms with Gasteiger partial charge in [0.2, 0.25) is 5.95 Å². The maximum absolute atomic E-state index is 14.4. The number of hydrogen-bond donors (Lipinski definition) is 1. The fourth-order valence-corrected chi connectivity index (χ4v) is 4.18. The Labute approximate surface area is 176 Å². The predicted octanol–water partition coefficient (Wildman–Crippen LogP) is 4.45. The maximum Gasteiger partial charge on any atom is 0.275 e. The van der Waals surface area contributed by atoms with Crippen LogP contribution in [0.4, 0.5) is 14.5 Å². The number of amides is 1.